The van der Waals surface area contributed by atoms with Gasteiger partial charge in [0.25, 0.3) is 0 Å². The number of nitrogens with two attached hydrogens (primary N) is 1. The van der Waals surface area contributed by atoms with Crippen LogP contribution >= 0.6 is 15.9 Å². The van der Waals surface area contributed by atoms with Crippen molar-refractivity contribution in [3.8, 4) is 0 Å². The summed E-state index contributed by atoms with van der Waals surface area (Å²) in [7, 11) is -1.54. The van der Waals surface area contributed by atoms with Crippen LogP contribution in [0.4, 0.5) is 5.69 Å². The third-order valence-corrected chi connectivity index (χ3v) is 5.13. The first-order chi connectivity index (χ1) is 14.8. The predicted octanol–water partition coefficient (Wildman–Crippen LogP) is 1.73. The Hall–Kier alpha value is -2.98. The van der Waals surface area contributed by atoms with Gasteiger partial charge >= 0.3 is 7.12 Å². The van der Waals surface area contributed by atoms with Crippen LogP contribution in [-0.4, -0.2) is 28.9 Å². The third kappa shape index (κ3) is 6.02. The van der Waals surface area contributed by atoms with Gasteiger partial charge in [0, 0.05) is 21.3 Å². The normalized spacial score (nSPS) is 10.5. The van der Waals surface area contributed by atoms with Gasteiger partial charge in [-0.15, -0.1) is 0 Å². The molecule has 0 saturated heterocycles. The molecular weight excluding hydrogens is 463 g/mol. The molecule has 0 aliphatic heterocycles. The molecule has 0 heterocycles. The summed E-state index contributed by atoms with van der Waals surface area (Å²) in [5.74, 6) is -0.637. The topological polar surface area (TPSA) is 122 Å². The molecule has 0 aliphatic carbocycles. The van der Waals surface area contributed by atoms with Gasteiger partial charge in [-0.25, -0.2) is 5.48 Å². The Balaban J connectivity index is 1.59. The van der Waals surface area contributed by atoms with Gasteiger partial charge in [0.1, 0.15) is 0 Å². The van der Waals surface area contributed by atoms with Crippen LogP contribution in [0.15, 0.2) is 71.2 Å². The van der Waals surface area contributed by atoms with Gasteiger partial charge in [-0.2, -0.15) is 0 Å². The van der Waals surface area contributed by atoms with Gasteiger partial charge in [-0.1, -0.05) is 52.3 Å². The molecule has 3 rings (SSSR count). The fourth-order valence-electron chi connectivity index (χ4n) is 2.92. The van der Waals surface area contributed by atoms with E-state index in [1.165, 1.54) is 0 Å². The summed E-state index contributed by atoms with van der Waals surface area (Å²) in [5.41, 5.74) is 11.2. The minimum atomic E-state index is -1.54. The Bertz CT molecular complexity index is 1070. The monoisotopic (exact) mass is 482 g/mol. The molecule has 0 bridgehead atoms. The van der Waals surface area contributed by atoms with Crippen molar-refractivity contribution in [3.05, 3.63) is 93.5 Å². The number of benzene rings is 3. The summed E-state index contributed by atoms with van der Waals surface area (Å²) in [6.45, 7) is 0.102. The number of carbonyl (C=O) groups is 2. The molecule has 0 saturated carbocycles. The van der Waals surface area contributed by atoms with Gasteiger partial charge < -0.3 is 15.8 Å². The number of hydroxylamine groups is 1. The number of para-hydroxylation sites is 1. The molecule has 0 spiro atoms. The zero-order chi connectivity index (χ0) is 22.4. The van der Waals surface area contributed by atoms with E-state index in [9.17, 15) is 9.59 Å². The maximum Gasteiger partial charge on any atom is 0.488 e. The van der Waals surface area contributed by atoms with E-state index in [0.717, 1.165) is 10.0 Å². The van der Waals surface area contributed by atoms with Crippen molar-refractivity contribution < 1.29 is 24.5 Å². The van der Waals surface area contributed by atoms with Crippen molar-refractivity contribution in [3.63, 3.8) is 0 Å². The minimum absolute atomic E-state index is 0.0526. The molecule has 0 aliphatic rings. The van der Waals surface area contributed by atoms with E-state index in [4.69, 9.17) is 20.6 Å². The molecule has 9 heteroatoms. The Morgan fingerprint density at radius 1 is 1.00 bits per heavy atom. The first kappa shape index (κ1) is 22.7. The van der Waals surface area contributed by atoms with E-state index >= 15 is 0 Å². The quantitative estimate of drug-likeness (QED) is 0.168. The summed E-state index contributed by atoms with van der Waals surface area (Å²) in [6.07, 6.45) is -0.0526. The van der Waals surface area contributed by atoms with E-state index in [-0.39, 0.29) is 24.5 Å². The summed E-state index contributed by atoms with van der Waals surface area (Å²) in [5, 5.41) is 18.2. The first-order valence-corrected chi connectivity index (χ1v) is 10.2. The van der Waals surface area contributed by atoms with Gasteiger partial charge in [-0.05, 0) is 46.9 Å². The molecule has 158 valence electrons. The molecule has 0 fully saturated rings. The molecule has 3 aromatic rings. The maximum absolute atomic E-state index is 12.8. The third-order valence-electron chi connectivity index (χ3n) is 4.60. The van der Waals surface area contributed by atoms with Crippen molar-refractivity contribution >= 4 is 45.9 Å². The van der Waals surface area contributed by atoms with Crippen LogP contribution in [0.25, 0.3) is 0 Å². The summed E-state index contributed by atoms with van der Waals surface area (Å²) in [6, 6.07) is 18.4. The lowest BCUT2D eigenvalue weighted by Gasteiger charge is -2.11. The number of halogens is 1. The molecular formula is C22H20BBrN2O5. The Morgan fingerprint density at radius 2 is 1.68 bits per heavy atom. The van der Waals surface area contributed by atoms with Crippen molar-refractivity contribution in [2.45, 2.75) is 13.0 Å². The van der Waals surface area contributed by atoms with E-state index < -0.39 is 13.0 Å². The lowest BCUT2D eigenvalue weighted by Crippen LogP contribution is -2.29. The summed E-state index contributed by atoms with van der Waals surface area (Å²) in [4.78, 5) is 30.2. The highest BCUT2D eigenvalue weighted by Gasteiger charge is 2.16. The lowest BCUT2D eigenvalue weighted by molar-refractivity contribution is -0.133. The van der Waals surface area contributed by atoms with Gasteiger partial charge in [-0.3, -0.25) is 14.4 Å². The van der Waals surface area contributed by atoms with Crippen LogP contribution in [-0.2, 0) is 22.7 Å². The highest BCUT2D eigenvalue weighted by Crippen LogP contribution is 2.22. The van der Waals surface area contributed by atoms with Gasteiger partial charge in [0.2, 0.25) is 5.91 Å². The number of anilines is 1. The second-order valence-corrected chi connectivity index (χ2v) is 7.74. The minimum Gasteiger partial charge on any atom is -0.423 e. The highest BCUT2D eigenvalue weighted by molar-refractivity contribution is 9.10. The molecule has 3 aromatic carbocycles. The fourth-order valence-corrected chi connectivity index (χ4v) is 3.18. The van der Waals surface area contributed by atoms with Crippen LogP contribution < -0.4 is 16.7 Å². The zero-order valence-corrected chi connectivity index (χ0v) is 18.0. The highest BCUT2D eigenvalue weighted by atomic mass is 79.9. The fraction of sp³-hybridized carbons (Fsp3) is 0.0909. The standard InChI is InChI=1S/C22H20BBrN2O5/c24-18-10-6-15(7-11-18)22(28)19-3-1-2-16(21(19)25)12-20(27)26-31-13-14-4-8-17(9-5-14)23(29)30/h1-11,29-30H,12-13,25H2,(H,26,27). The van der Waals surface area contributed by atoms with Crippen LogP contribution in [0.3, 0.4) is 0 Å². The number of hydrogen-bond acceptors (Lipinski definition) is 6. The molecule has 5 N–H and O–H groups in total. The second kappa shape index (κ2) is 10.4. The van der Waals surface area contributed by atoms with Crippen LogP contribution in [0, 0.1) is 0 Å². The van der Waals surface area contributed by atoms with Crippen molar-refractivity contribution in [1.29, 1.82) is 0 Å². The Morgan fingerprint density at radius 3 is 2.32 bits per heavy atom. The van der Waals surface area contributed by atoms with Crippen LogP contribution in [0.2, 0.25) is 0 Å². The van der Waals surface area contributed by atoms with Crippen molar-refractivity contribution in [2.24, 2.45) is 0 Å². The van der Waals surface area contributed by atoms with E-state index in [1.807, 2.05) is 0 Å². The average molecular weight is 483 g/mol. The summed E-state index contributed by atoms with van der Waals surface area (Å²) >= 11 is 3.34. The molecule has 7 nitrogen and oxygen atoms in total. The van der Waals surface area contributed by atoms with Crippen LogP contribution in [0.5, 0.6) is 0 Å². The van der Waals surface area contributed by atoms with Crippen molar-refractivity contribution in [2.75, 3.05) is 5.73 Å². The van der Waals surface area contributed by atoms with Gasteiger partial charge in [0.15, 0.2) is 5.78 Å². The van der Waals surface area contributed by atoms with E-state index in [0.29, 0.717) is 22.2 Å². The van der Waals surface area contributed by atoms with Crippen molar-refractivity contribution in [1.82, 2.24) is 5.48 Å². The second-order valence-electron chi connectivity index (χ2n) is 6.82. The molecule has 0 unspecified atom stereocenters. The number of ketones is 1. The SMILES string of the molecule is Nc1c(CC(=O)NOCc2ccc(B(O)O)cc2)cccc1C(=O)c1ccc(Br)cc1. The number of hydrogen-bond donors (Lipinski definition) is 4. The predicted molar refractivity (Wildman–Crippen MR) is 121 cm³/mol. The molecule has 0 radical (unpaired) electrons. The van der Waals surface area contributed by atoms with Gasteiger partial charge in [0.05, 0.1) is 13.0 Å². The molecule has 0 aromatic heterocycles. The Kier molecular flexibility index (Phi) is 7.59. The maximum atomic E-state index is 12.8. The van der Waals surface area contributed by atoms with Crippen LogP contribution in [0.1, 0.15) is 27.0 Å². The lowest BCUT2D eigenvalue weighted by atomic mass is 9.80. The number of amides is 1. The molecule has 0 atom stereocenters. The largest absolute Gasteiger partial charge is 0.488 e. The molecule has 31 heavy (non-hydrogen) atoms. The van der Waals surface area contributed by atoms with E-state index in [2.05, 4.69) is 21.4 Å². The Labute approximate surface area is 188 Å². The smallest absolute Gasteiger partial charge is 0.423 e. The average Bonchev–Trinajstić information content (AvgIpc) is 2.75. The zero-order valence-electron chi connectivity index (χ0n) is 16.4. The number of carbonyl (C=O) groups excluding carboxylic acids is 2. The molecule has 1 amide bonds. The number of nitrogen functional groups attached to an aromatic ring is 1. The number of nitrogens with one attached hydrogen (secondary N) is 1. The van der Waals surface area contributed by atoms with E-state index in [1.54, 1.807) is 66.7 Å². The first-order valence-electron chi connectivity index (χ1n) is 9.38. The number of rotatable bonds is 8. The summed E-state index contributed by atoms with van der Waals surface area (Å²) < 4.78 is 0.865.